The first-order valence-corrected chi connectivity index (χ1v) is 21.9. The molecule has 1 fully saturated rings. The molecule has 0 spiro atoms. The summed E-state index contributed by atoms with van der Waals surface area (Å²) in [7, 11) is 7.88. The van der Waals surface area contributed by atoms with E-state index in [1.165, 1.54) is 26.2 Å². The van der Waals surface area contributed by atoms with Crippen LogP contribution in [-0.4, -0.2) is 134 Å². The lowest BCUT2D eigenvalue weighted by atomic mass is 9.93. The molecule has 1 heterocycles. The van der Waals surface area contributed by atoms with Gasteiger partial charge in [0.15, 0.2) is 0 Å². The van der Waals surface area contributed by atoms with Gasteiger partial charge < -0.3 is 39.8 Å². The van der Waals surface area contributed by atoms with Crippen LogP contribution in [0.4, 0.5) is 0 Å². The number of hydrogen-bond donors (Lipinski definition) is 3. The van der Waals surface area contributed by atoms with E-state index in [0.717, 1.165) is 16.7 Å². The van der Waals surface area contributed by atoms with Crippen LogP contribution >= 0.6 is 0 Å². The maximum absolute atomic E-state index is 14.5. The van der Waals surface area contributed by atoms with Gasteiger partial charge in [-0.15, -0.1) is 0 Å². The summed E-state index contributed by atoms with van der Waals surface area (Å²) >= 11 is 0. The SMILES string of the molecule is CC/C(C)=C(\[C@@H](CC(=O)N1CCCC1[C@H](OC)[C@@H](C)C(=O)N[C@@H](Cc1ccccc1)C(=O)OC)OC)N(C)C(=O)[C@@H](NC(=O)[C@H](C(C)C)N(C)CCc1ccc(O)cc1)C(C)C. The van der Waals surface area contributed by atoms with Crippen LogP contribution in [0.25, 0.3) is 0 Å². The maximum atomic E-state index is 14.5. The molecule has 0 bridgehead atoms. The number of carbonyl (C=O) groups is 5. The number of ether oxygens (including phenoxy) is 3. The minimum Gasteiger partial charge on any atom is -0.508 e. The van der Waals surface area contributed by atoms with Gasteiger partial charge in [-0.25, -0.2) is 4.79 Å². The number of likely N-dealkylation sites (N-methyl/N-ethyl adjacent to an activating group) is 2. The zero-order chi connectivity index (χ0) is 46.3. The molecule has 1 saturated heterocycles. The molecule has 0 saturated carbocycles. The van der Waals surface area contributed by atoms with Crippen molar-refractivity contribution >= 4 is 29.6 Å². The maximum Gasteiger partial charge on any atom is 0.328 e. The smallest absolute Gasteiger partial charge is 0.328 e. The molecule has 7 atom stereocenters. The Hall–Kier alpha value is -4.79. The van der Waals surface area contributed by atoms with E-state index >= 15 is 0 Å². The van der Waals surface area contributed by atoms with Crippen molar-refractivity contribution in [2.75, 3.05) is 48.5 Å². The number of phenolic OH excluding ortho intramolecular Hbond substituents is 1. The number of phenols is 1. The molecule has 62 heavy (non-hydrogen) atoms. The fourth-order valence-electron chi connectivity index (χ4n) is 8.50. The normalized spacial score (nSPS) is 17.5. The summed E-state index contributed by atoms with van der Waals surface area (Å²) in [6.07, 6.45) is 1.28. The Morgan fingerprint density at radius 3 is 2.05 bits per heavy atom. The third-order valence-electron chi connectivity index (χ3n) is 12.2. The van der Waals surface area contributed by atoms with Crippen molar-refractivity contribution in [3.8, 4) is 5.75 Å². The Morgan fingerprint density at radius 2 is 1.50 bits per heavy atom. The minimum absolute atomic E-state index is 0.0527. The van der Waals surface area contributed by atoms with Crippen LogP contribution in [0.15, 0.2) is 65.9 Å². The van der Waals surface area contributed by atoms with Gasteiger partial charge in [-0.05, 0) is 74.8 Å². The van der Waals surface area contributed by atoms with Gasteiger partial charge in [0.2, 0.25) is 23.6 Å². The Balaban J connectivity index is 1.78. The summed E-state index contributed by atoms with van der Waals surface area (Å²) in [6.45, 7) is 14.4. The summed E-state index contributed by atoms with van der Waals surface area (Å²) < 4.78 is 17.0. The van der Waals surface area contributed by atoms with Crippen molar-refractivity contribution < 1.29 is 43.3 Å². The number of carbonyl (C=O) groups excluding carboxylic acids is 5. The molecule has 344 valence electrons. The van der Waals surface area contributed by atoms with Crippen molar-refractivity contribution in [3.63, 3.8) is 0 Å². The van der Waals surface area contributed by atoms with E-state index < -0.39 is 54.2 Å². The van der Waals surface area contributed by atoms with Gasteiger partial charge in [-0.2, -0.15) is 0 Å². The van der Waals surface area contributed by atoms with E-state index in [9.17, 15) is 29.1 Å². The molecule has 1 aliphatic rings. The average molecular weight is 864 g/mol. The van der Waals surface area contributed by atoms with E-state index in [4.69, 9.17) is 14.2 Å². The molecule has 2 aromatic carbocycles. The molecule has 14 nitrogen and oxygen atoms in total. The summed E-state index contributed by atoms with van der Waals surface area (Å²) in [5.74, 6) is -2.58. The molecular formula is C48H73N5O9. The molecule has 0 radical (unpaired) electrons. The minimum atomic E-state index is -0.908. The fourth-order valence-corrected chi connectivity index (χ4v) is 8.50. The first-order chi connectivity index (χ1) is 29.4. The zero-order valence-corrected chi connectivity index (χ0v) is 39.1. The number of hydrogen-bond acceptors (Lipinski definition) is 10. The van der Waals surface area contributed by atoms with Crippen molar-refractivity contribution in [2.24, 2.45) is 17.8 Å². The predicted octanol–water partition coefficient (Wildman–Crippen LogP) is 5.12. The van der Waals surface area contributed by atoms with E-state index in [1.807, 2.05) is 96.0 Å². The highest BCUT2D eigenvalue weighted by atomic mass is 16.5. The van der Waals surface area contributed by atoms with Crippen LogP contribution in [0.3, 0.4) is 0 Å². The molecule has 1 unspecified atom stereocenters. The highest BCUT2D eigenvalue weighted by Crippen LogP contribution is 2.30. The van der Waals surface area contributed by atoms with Crippen LogP contribution in [-0.2, 0) is 51.0 Å². The van der Waals surface area contributed by atoms with Gasteiger partial charge in [0.1, 0.15) is 23.9 Å². The Kier molecular flexibility index (Phi) is 20.6. The van der Waals surface area contributed by atoms with Gasteiger partial charge in [0.05, 0.1) is 37.6 Å². The summed E-state index contributed by atoms with van der Waals surface area (Å²) in [5.41, 5.74) is 3.31. The lowest BCUT2D eigenvalue weighted by Gasteiger charge is -2.37. The summed E-state index contributed by atoms with van der Waals surface area (Å²) in [4.78, 5) is 74.6. The summed E-state index contributed by atoms with van der Waals surface area (Å²) in [5, 5.41) is 15.6. The third kappa shape index (κ3) is 13.9. The van der Waals surface area contributed by atoms with Crippen molar-refractivity contribution in [2.45, 2.75) is 123 Å². The molecule has 4 amide bonds. The lowest BCUT2D eigenvalue weighted by Crippen LogP contribution is -2.57. The van der Waals surface area contributed by atoms with Crippen LogP contribution < -0.4 is 10.6 Å². The average Bonchev–Trinajstić information content (AvgIpc) is 3.74. The van der Waals surface area contributed by atoms with Gasteiger partial charge in [-0.3, -0.25) is 24.1 Å². The van der Waals surface area contributed by atoms with Crippen molar-refractivity contribution in [1.82, 2.24) is 25.3 Å². The Labute approximate surface area is 369 Å². The highest BCUT2D eigenvalue weighted by molar-refractivity contribution is 5.91. The van der Waals surface area contributed by atoms with Crippen LogP contribution in [0.5, 0.6) is 5.75 Å². The van der Waals surface area contributed by atoms with E-state index in [1.54, 1.807) is 31.0 Å². The van der Waals surface area contributed by atoms with Crippen LogP contribution in [0.1, 0.15) is 85.3 Å². The number of nitrogens with zero attached hydrogens (tertiary/aromatic N) is 3. The molecule has 3 N–H and O–H groups in total. The number of esters is 1. The first kappa shape index (κ1) is 51.6. The number of allylic oxidation sites excluding steroid dienone is 1. The molecular weight excluding hydrogens is 791 g/mol. The number of rotatable bonds is 23. The monoisotopic (exact) mass is 864 g/mol. The first-order valence-electron chi connectivity index (χ1n) is 21.9. The fraction of sp³-hybridized carbons (Fsp3) is 0.604. The highest BCUT2D eigenvalue weighted by Gasteiger charge is 2.42. The Bertz CT molecular complexity index is 1800. The molecule has 1 aliphatic heterocycles. The number of likely N-dealkylation sites (tertiary alicyclic amines) is 1. The van der Waals surface area contributed by atoms with E-state index in [0.29, 0.717) is 44.5 Å². The largest absolute Gasteiger partial charge is 0.508 e. The topological polar surface area (TPSA) is 167 Å². The predicted molar refractivity (Wildman–Crippen MR) is 240 cm³/mol. The third-order valence-corrected chi connectivity index (χ3v) is 12.2. The molecule has 0 aromatic heterocycles. The number of benzene rings is 2. The van der Waals surface area contributed by atoms with Crippen LogP contribution in [0, 0.1) is 17.8 Å². The van der Waals surface area contributed by atoms with E-state index in [-0.39, 0.29) is 48.1 Å². The second-order valence-corrected chi connectivity index (χ2v) is 17.2. The standard InChI is InChI=1S/C48H73N5O9/c1-13-32(6)43(52(9)47(58)41(30(2)3)50-46(57)42(31(4)5)51(8)27-25-34-21-23-36(54)24-22-34)39(60-10)29-40(55)53-26-17-20-38(53)44(61-11)33(7)45(56)49-37(48(59)62-12)28-35-18-15-14-16-19-35/h14-16,18-19,21-24,30-31,33,37-39,41-42,44,54H,13,17,20,25-29H2,1-12H3,(H,49,56)(H,50,57)/b43-32+/t33-,37+,38?,39-,41+,42+,44-/m1/s1. The second-order valence-electron chi connectivity index (χ2n) is 17.2. The molecule has 14 heteroatoms. The number of amides is 4. The molecule has 2 aromatic rings. The van der Waals surface area contributed by atoms with Gasteiger partial charge >= 0.3 is 5.97 Å². The number of aromatic hydroxyl groups is 1. The zero-order valence-electron chi connectivity index (χ0n) is 39.1. The lowest BCUT2D eigenvalue weighted by molar-refractivity contribution is -0.147. The number of nitrogens with one attached hydrogen (secondary N) is 2. The number of methoxy groups -OCH3 is 3. The van der Waals surface area contributed by atoms with Crippen molar-refractivity contribution in [3.05, 3.63) is 77.0 Å². The summed E-state index contributed by atoms with van der Waals surface area (Å²) in [6, 6.07) is 13.7. The molecule has 0 aliphatic carbocycles. The van der Waals surface area contributed by atoms with Gasteiger partial charge in [-0.1, -0.05) is 89.6 Å². The molecule has 3 rings (SSSR count). The van der Waals surface area contributed by atoms with Gasteiger partial charge in [0.25, 0.3) is 0 Å². The van der Waals surface area contributed by atoms with E-state index in [2.05, 4.69) is 10.6 Å². The second kappa shape index (κ2) is 24.7. The van der Waals surface area contributed by atoms with Gasteiger partial charge in [0, 0.05) is 46.5 Å². The van der Waals surface area contributed by atoms with Crippen LogP contribution in [0.2, 0.25) is 0 Å². The van der Waals surface area contributed by atoms with Crippen molar-refractivity contribution in [1.29, 1.82) is 0 Å². The quantitative estimate of drug-likeness (QED) is 0.128. The Morgan fingerprint density at radius 1 is 0.855 bits per heavy atom.